The Morgan fingerprint density at radius 1 is 1.38 bits per heavy atom. The molecule has 0 spiro atoms. The van der Waals surface area contributed by atoms with Gasteiger partial charge in [0.15, 0.2) is 0 Å². The van der Waals surface area contributed by atoms with Gasteiger partial charge in [0.25, 0.3) is 0 Å². The van der Waals surface area contributed by atoms with E-state index in [4.69, 9.17) is 5.14 Å². The number of nitrogens with two attached hydrogens (primary N) is 1. The van der Waals surface area contributed by atoms with Gasteiger partial charge in [0.05, 0.1) is 0 Å². The highest BCUT2D eigenvalue weighted by molar-refractivity contribution is 7.92. The molecule has 1 aliphatic rings. The number of rotatable bonds is 1. The summed E-state index contributed by atoms with van der Waals surface area (Å²) in [5, 5.41) is 5.29. The molecule has 0 unspecified atom stereocenters. The van der Waals surface area contributed by atoms with Crippen molar-refractivity contribution in [1.29, 1.82) is 0 Å². The molecule has 0 saturated heterocycles. The maximum atomic E-state index is 10.4. The van der Waals surface area contributed by atoms with Crippen molar-refractivity contribution < 1.29 is 8.42 Å². The summed E-state index contributed by atoms with van der Waals surface area (Å²) in [6, 6.07) is 0. The van der Waals surface area contributed by atoms with Crippen molar-refractivity contribution in [2.24, 2.45) is 5.14 Å². The maximum Gasteiger partial charge on any atom is 0.216 e. The highest BCUT2D eigenvalue weighted by Gasteiger charge is 2.28. The molecule has 1 radical (unpaired) electrons. The Balaban J connectivity index is 2.60. The van der Waals surface area contributed by atoms with E-state index in [2.05, 4.69) is 0 Å². The second kappa shape index (κ2) is 1.70. The zero-order valence-electron chi connectivity index (χ0n) is 4.42. The lowest BCUT2D eigenvalue weighted by Crippen LogP contribution is -2.26. The fourth-order valence-corrected chi connectivity index (χ4v) is 1.46. The molecule has 1 aliphatic carbocycles. The molecule has 0 aromatic heterocycles. The predicted molar refractivity (Wildman–Crippen MR) is 30.2 cm³/mol. The monoisotopic (exact) mass is 134 g/mol. The van der Waals surface area contributed by atoms with Crippen LogP contribution in [-0.4, -0.2) is 8.42 Å². The third-order valence-electron chi connectivity index (χ3n) is 1.31. The summed E-state index contributed by atoms with van der Waals surface area (Å²) in [7, 11) is -3.25. The van der Waals surface area contributed by atoms with Crippen LogP contribution in [0.25, 0.3) is 0 Å². The van der Waals surface area contributed by atoms with E-state index >= 15 is 0 Å². The minimum atomic E-state index is -3.25. The van der Waals surface area contributed by atoms with Crippen LogP contribution in [-0.2, 0) is 10.0 Å². The van der Waals surface area contributed by atoms with Gasteiger partial charge < -0.3 is 0 Å². The molecule has 0 bridgehead atoms. The Hall–Kier alpha value is -0.0900. The zero-order valence-corrected chi connectivity index (χ0v) is 5.24. The molecule has 4 heteroatoms. The minimum absolute atomic E-state index is 0.512. The van der Waals surface area contributed by atoms with E-state index < -0.39 is 10.0 Å². The molecule has 0 atom stereocenters. The quantitative estimate of drug-likeness (QED) is 0.548. The van der Waals surface area contributed by atoms with E-state index in [0.717, 1.165) is 6.42 Å². The smallest absolute Gasteiger partial charge is 0.216 e. The largest absolute Gasteiger partial charge is 0.228 e. The zero-order chi connectivity index (χ0) is 6.20. The van der Waals surface area contributed by atoms with Crippen molar-refractivity contribution >= 4 is 10.0 Å². The molecule has 1 saturated carbocycles. The van der Waals surface area contributed by atoms with E-state index in [1.54, 1.807) is 0 Å². The summed E-state index contributed by atoms with van der Waals surface area (Å²) in [5.74, 6) is 0. The van der Waals surface area contributed by atoms with Crippen LogP contribution >= 0.6 is 0 Å². The molecule has 1 fully saturated rings. The molecule has 0 aromatic carbocycles. The van der Waals surface area contributed by atoms with Gasteiger partial charge in [0.1, 0.15) is 5.25 Å². The van der Waals surface area contributed by atoms with Gasteiger partial charge in [0.2, 0.25) is 10.0 Å². The highest BCUT2D eigenvalue weighted by atomic mass is 32.2. The minimum Gasteiger partial charge on any atom is -0.228 e. The Morgan fingerprint density at radius 2 is 1.88 bits per heavy atom. The van der Waals surface area contributed by atoms with Crippen molar-refractivity contribution in [2.75, 3.05) is 0 Å². The third-order valence-corrected chi connectivity index (χ3v) is 2.53. The fraction of sp³-hybridized carbons (Fsp3) is 0.750. The summed E-state index contributed by atoms with van der Waals surface area (Å²) in [4.78, 5) is 0. The van der Waals surface area contributed by atoms with Gasteiger partial charge in [-0.15, -0.1) is 0 Å². The first kappa shape index (κ1) is 6.04. The third kappa shape index (κ3) is 1.00. The predicted octanol–water partition coefficient (Wildman–Crippen LogP) is -0.00921. The average Bonchev–Trinajstić information content (AvgIpc) is 1.16. The van der Waals surface area contributed by atoms with Gasteiger partial charge in [-0.3, -0.25) is 0 Å². The van der Waals surface area contributed by atoms with E-state index in [1.165, 1.54) is 0 Å². The molecule has 8 heavy (non-hydrogen) atoms. The average molecular weight is 134 g/mol. The Morgan fingerprint density at radius 3 is 1.88 bits per heavy atom. The number of hydrogen-bond acceptors (Lipinski definition) is 2. The molecule has 0 heterocycles. The first-order valence-corrected chi connectivity index (χ1v) is 4.03. The molecule has 3 nitrogen and oxygen atoms in total. The highest BCUT2D eigenvalue weighted by Crippen LogP contribution is 2.31. The second-order valence-electron chi connectivity index (χ2n) is 1.94. The van der Waals surface area contributed by atoms with Crippen molar-refractivity contribution in [3.63, 3.8) is 0 Å². The molecular weight excluding hydrogens is 126 g/mol. The summed E-state index contributed by atoms with van der Waals surface area (Å²) in [5.41, 5.74) is 0. The van der Waals surface area contributed by atoms with Crippen LogP contribution in [0.2, 0.25) is 0 Å². The van der Waals surface area contributed by atoms with Crippen LogP contribution in [0.4, 0.5) is 0 Å². The molecule has 0 aromatic rings. The maximum absolute atomic E-state index is 10.4. The van der Waals surface area contributed by atoms with Crippen LogP contribution in [0, 0.1) is 5.25 Å². The molecule has 1 rings (SSSR count). The van der Waals surface area contributed by atoms with Crippen LogP contribution in [0.3, 0.4) is 0 Å². The lowest BCUT2D eigenvalue weighted by Gasteiger charge is -2.20. The first-order valence-electron chi connectivity index (χ1n) is 2.48. The molecular formula is C4H8NO2S. The van der Waals surface area contributed by atoms with Gasteiger partial charge >= 0.3 is 0 Å². The summed E-state index contributed by atoms with van der Waals surface area (Å²) >= 11 is 0. The SMILES string of the molecule is NS(=O)(=O)[C]1CCC1. The van der Waals surface area contributed by atoms with Crippen molar-refractivity contribution in [3.8, 4) is 0 Å². The van der Waals surface area contributed by atoms with Crippen molar-refractivity contribution in [3.05, 3.63) is 5.25 Å². The Kier molecular flexibility index (Phi) is 1.28. The Bertz CT molecular complexity index is 168. The topological polar surface area (TPSA) is 60.2 Å². The van der Waals surface area contributed by atoms with E-state index in [9.17, 15) is 8.42 Å². The molecule has 0 aliphatic heterocycles. The van der Waals surface area contributed by atoms with Gasteiger partial charge in [-0.05, 0) is 12.8 Å². The van der Waals surface area contributed by atoms with E-state index in [1.807, 2.05) is 0 Å². The number of primary sulfonamides is 1. The first-order chi connectivity index (χ1) is 3.61. The van der Waals surface area contributed by atoms with Crippen LogP contribution in [0.1, 0.15) is 19.3 Å². The lowest BCUT2D eigenvalue weighted by atomic mass is 10.0. The summed E-state index contributed by atoms with van der Waals surface area (Å²) < 4.78 is 20.7. The van der Waals surface area contributed by atoms with Crippen molar-refractivity contribution in [1.82, 2.24) is 0 Å². The number of hydrogen-bond donors (Lipinski definition) is 1. The van der Waals surface area contributed by atoms with Crippen molar-refractivity contribution in [2.45, 2.75) is 19.3 Å². The second-order valence-corrected chi connectivity index (χ2v) is 3.60. The normalized spacial score (nSPS) is 22.6. The van der Waals surface area contributed by atoms with Gasteiger partial charge in [-0.2, -0.15) is 0 Å². The summed E-state index contributed by atoms with van der Waals surface area (Å²) in [6.45, 7) is 0. The number of sulfonamides is 1. The molecule has 0 amide bonds. The lowest BCUT2D eigenvalue weighted by molar-refractivity contribution is 0.551. The van der Waals surface area contributed by atoms with Gasteiger partial charge in [-0.1, -0.05) is 6.42 Å². The van der Waals surface area contributed by atoms with Gasteiger partial charge in [0, 0.05) is 0 Å². The van der Waals surface area contributed by atoms with Gasteiger partial charge in [-0.25, -0.2) is 13.6 Å². The fourth-order valence-electron chi connectivity index (χ4n) is 0.606. The van der Waals surface area contributed by atoms with E-state index in [-0.39, 0.29) is 0 Å². The molecule has 2 N–H and O–H groups in total. The van der Waals surface area contributed by atoms with Crippen LogP contribution < -0.4 is 5.14 Å². The van der Waals surface area contributed by atoms with E-state index in [0.29, 0.717) is 18.1 Å². The molecule has 47 valence electrons. The standard InChI is InChI=1S/C4H8NO2S/c5-8(6,7)4-2-1-3-4/h1-3H2,(H2,5,6,7). The van der Waals surface area contributed by atoms with Crippen LogP contribution in [0.5, 0.6) is 0 Å². The summed E-state index contributed by atoms with van der Waals surface area (Å²) in [6.07, 6.45) is 2.34. The van der Waals surface area contributed by atoms with Crippen LogP contribution in [0.15, 0.2) is 0 Å². The Labute approximate surface area is 48.9 Å².